The molecule has 0 saturated carbocycles. The van der Waals surface area contributed by atoms with E-state index in [9.17, 15) is 28.8 Å². The van der Waals surface area contributed by atoms with Crippen molar-refractivity contribution in [2.24, 2.45) is 0 Å². The summed E-state index contributed by atoms with van der Waals surface area (Å²) in [6.07, 6.45) is 0. The molecule has 4 aromatic heterocycles. The molecule has 0 radical (unpaired) electrons. The maximum atomic E-state index is 13.5. The summed E-state index contributed by atoms with van der Waals surface area (Å²) in [5, 5.41) is 15.3. The summed E-state index contributed by atoms with van der Waals surface area (Å²) in [5.74, 6) is -1.50. The van der Waals surface area contributed by atoms with Gasteiger partial charge in [0.1, 0.15) is 22.1 Å². The zero-order valence-electron chi connectivity index (χ0n) is 26.2. The van der Waals surface area contributed by atoms with Crippen LogP contribution in [0.5, 0.6) is 0 Å². The predicted molar refractivity (Wildman–Crippen MR) is 184 cm³/mol. The SMILES string of the molecule is O=C(On1nnc2ccccc21)c1ccc(-n2c(=O)c3cc4c(=O)n(-c5ccc(C(=O)On6nnc7ccccc76)cc5)c(=O)c4cc3c2=O)cc1. The maximum Gasteiger partial charge on any atom is 0.365 e. The normalized spacial score (nSPS) is 11.5. The number of fused-ring (bicyclic) bond motifs is 4. The molecule has 250 valence electrons. The average molecular weight is 691 g/mol. The van der Waals surface area contributed by atoms with Crippen LogP contribution in [0, 0.1) is 0 Å². The van der Waals surface area contributed by atoms with Crippen molar-refractivity contribution >= 4 is 55.6 Å². The van der Waals surface area contributed by atoms with Gasteiger partial charge in [0.05, 0.1) is 44.0 Å². The van der Waals surface area contributed by atoms with Gasteiger partial charge in [0.15, 0.2) is 0 Å². The standard InChI is InChI=1S/C36H18N8O8/c45-31-23-17-25-26(34(48)42(33(25)47)22-15-11-20(12-16-22)36(50)52-44-30-8-4-2-6-28(30)38-40-44)18-24(23)32(46)41(31)21-13-9-19(10-14-21)35(49)51-43-29-7-3-1-5-27(29)37-39-43/h1-18H. The third-order valence-electron chi connectivity index (χ3n) is 8.60. The van der Waals surface area contributed by atoms with Gasteiger partial charge in [-0.15, -0.1) is 10.2 Å². The molecule has 0 aliphatic carbocycles. The highest BCUT2D eigenvalue weighted by atomic mass is 16.7. The highest BCUT2D eigenvalue weighted by molar-refractivity contribution is 5.98. The van der Waals surface area contributed by atoms with Gasteiger partial charge in [0.2, 0.25) is 0 Å². The molecule has 9 rings (SSSR count). The molecule has 0 bridgehead atoms. The lowest BCUT2D eigenvalue weighted by Gasteiger charge is -2.05. The predicted octanol–water partition coefficient (Wildman–Crippen LogP) is 1.92. The molecule has 0 aliphatic heterocycles. The van der Waals surface area contributed by atoms with Gasteiger partial charge in [-0.1, -0.05) is 34.0 Å². The molecule has 52 heavy (non-hydrogen) atoms. The molecule has 0 aliphatic rings. The van der Waals surface area contributed by atoms with Crippen LogP contribution in [0.3, 0.4) is 0 Å². The number of rotatable bonds is 6. The van der Waals surface area contributed by atoms with E-state index in [1.165, 1.54) is 60.7 Å². The van der Waals surface area contributed by atoms with Crippen molar-refractivity contribution in [3.8, 4) is 11.4 Å². The minimum absolute atomic E-state index is 0.0629. The van der Waals surface area contributed by atoms with E-state index < -0.39 is 34.2 Å². The zero-order valence-corrected chi connectivity index (χ0v) is 26.2. The van der Waals surface area contributed by atoms with Crippen molar-refractivity contribution in [1.29, 1.82) is 0 Å². The summed E-state index contributed by atoms with van der Waals surface area (Å²) < 4.78 is 1.79. The fourth-order valence-corrected chi connectivity index (χ4v) is 6.03. The topological polar surface area (TPSA) is 192 Å². The van der Waals surface area contributed by atoms with Crippen LogP contribution in [-0.4, -0.2) is 51.4 Å². The first-order valence-corrected chi connectivity index (χ1v) is 15.5. The van der Waals surface area contributed by atoms with Crippen LogP contribution >= 0.6 is 0 Å². The zero-order chi connectivity index (χ0) is 35.7. The first-order chi connectivity index (χ1) is 25.3. The van der Waals surface area contributed by atoms with Crippen LogP contribution in [0.4, 0.5) is 0 Å². The first-order valence-electron chi connectivity index (χ1n) is 15.5. The van der Waals surface area contributed by atoms with Crippen LogP contribution in [0.2, 0.25) is 0 Å². The van der Waals surface area contributed by atoms with E-state index in [1.807, 2.05) is 0 Å². The Labute approximate surface area is 287 Å². The second kappa shape index (κ2) is 11.3. The van der Waals surface area contributed by atoms with E-state index in [1.54, 1.807) is 48.5 Å². The first kappa shape index (κ1) is 30.2. The number of carbonyl (C=O) groups excluding carboxylic acids is 2. The van der Waals surface area contributed by atoms with Crippen LogP contribution in [-0.2, 0) is 0 Å². The van der Waals surface area contributed by atoms with Crippen LogP contribution in [0.1, 0.15) is 20.7 Å². The van der Waals surface area contributed by atoms with Crippen molar-refractivity contribution < 1.29 is 19.3 Å². The number of benzene rings is 5. The largest absolute Gasteiger partial charge is 0.365 e. The lowest BCUT2D eigenvalue weighted by atomic mass is 10.1. The van der Waals surface area contributed by atoms with Gasteiger partial charge >= 0.3 is 11.9 Å². The Balaban J connectivity index is 1.00. The lowest BCUT2D eigenvalue weighted by molar-refractivity contribution is 0.0400. The highest BCUT2D eigenvalue weighted by Crippen LogP contribution is 2.19. The molecule has 16 nitrogen and oxygen atoms in total. The second-order valence-corrected chi connectivity index (χ2v) is 11.6. The van der Waals surface area contributed by atoms with Crippen molar-refractivity contribution in [3.05, 3.63) is 162 Å². The maximum absolute atomic E-state index is 13.5. The Morgan fingerprint density at radius 2 is 0.808 bits per heavy atom. The summed E-state index contributed by atoms with van der Waals surface area (Å²) >= 11 is 0. The molecular weight excluding hydrogens is 672 g/mol. The van der Waals surface area contributed by atoms with Crippen molar-refractivity contribution in [2.75, 3.05) is 0 Å². The summed E-state index contributed by atoms with van der Waals surface area (Å²) in [6.45, 7) is 0. The smallest absolute Gasteiger partial charge is 0.312 e. The van der Waals surface area contributed by atoms with Crippen molar-refractivity contribution in [3.63, 3.8) is 0 Å². The van der Waals surface area contributed by atoms with E-state index in [0.29, 0.717) is 22.1 Å². The van der Waals surface area contributed by atoms with E-state index in [-0.39, 0.29) is 44.0 Å². The van der Waals surface area contributed by atoms with Crippen molar-refractivity contribution in [2.45, 2.75) is 0 Å². The molecule has 0 saturated heterocycles. The third-order valence-corrected chi connectivity index (χ3v) is 8.60. The number of aromatic nitrogens is 8. The van der Waals surface area contributed by atoms with E-state index in [2.05, 4.69) is 20.6 Å². The fourth-order valence-electron chi connectivity index (χ4n) is 6.03. The molecule has 5 aromatic carbocycles. The van der Waals surface area contributed by atoms with Gasteiger partial charge in [-0.25, -0.2) is 18.7 Å². The van der Waals surface area contributed by atoms with Crippen molar-refractivity contribution in [1.82, 2.24) is 39.4 Å². The monoisotopic (exact) mass is 690 g/mol. The van der Waals surface area contributed by atoms with E-state index in [4.69, 9.17) is 9.68 Å². The number of para-hydroxylation sites is 2. The van der Waals surface area contributed by atoms with Gasteiger partial charge in [-0.05, 0) is 95.4 Å². The Morgan fingerprint density at radius 3 is 1.17 bits per heavy atom. The Morgan fingerprint density at radius 1 is 0.462 bits per heavy atom. The molecule has 0 N–H and O–H groups in total. The molecule has 16 heteroatoms. The van der Waals surface area contributed by atoms with Crippen LogP contribution in [0.25, 0.3) is 55.0 Å². The Hall–Kier alpha value is -7.88. The molecule has 4 heterocycles. The summed E-state index contributed by atoms with van der Waals surface area (Å²) in [5.41, 5.74) is -0.276. The third kappa shape index (κ3) is 4.62. The minimum Gasteiger partial charge on any atom is -0.312 e. The molecule has 0 unspecified atom stereocenters. The average Bonchev–Trinajstić information content (AvgIpc) is 3.90. The quantitative estimate of drug-likeness (QED) is 0.231. The Kier molecular flexibility index (Phi) is 6.59. The molecule has 0 atom stereocenters. The number of hydrogen-bond acceptors (Lipinski definition) is 12. The molecular formula is C36H18N8O8. The van der Waals surface area contributed by atoms with Gasteiger partial charge in [0.25, 0.3) is 22.2 Å². The summed E-state index contributed by atoms with van der Waals surface area (Å²) in [6, 6.07) is 27.4. The molecule has 0 spiro atoms. The second-order valence-electron chi connectivity index (χ2n) is 11.6. The van der Waals surface area contributed by atoms with Gasteiger partial charge in [-0.2, -0.15) is 0 Å². The number of hydrogen-bond donors (Lipinski definition) is 0. The van der Waals surface area contributed by atoms with Gasteiger partial charge in [-0.3, -0.25) is 19.2 Å². The van der Waals surface area contributed by atoms with E-state index >= 15 is 0 Å². The molecule has 0 fully saturated rings. The van der Waals surface area contributed by atoms with E-state index in [0.717, 1.165) is 18.8 Å². The number of carbonyl (C=O) groups is 2. The minimum atomic E-state index is -0.752. The fraction of sp³-hybridized carbons (Fsp3) is 0. The summed E-state index contributed by atoms with van der Waals surface area (Å²) in [7, 11) is 0. The highest BCUT2D eigenvalue weighted by Gasteiger charge is 2.22. The summed E-state index contributed by atoms with van der Waals surface area (Å²) in [4.78, 5) is 92.3. The van der Waals surface area contributed by atoms with Crippen LogP contribution in [0.15, 0.2) is 128 Å². The number of nitrogens with zero attached hydrogens (tertiary/aromatic N) is 8. The molecule has 0 amide bonds. The Bertz CT molecular complexity index is 2860. The van der Waals surface area contributed by atoms with Gasteiger partial charge in [0, 0.05) is 0 Å². The van der Waals surface area contributed by atoms with Gasteiger partial charge < -0.3 is 9.68 Å². The molecule has 9 aromatic rings. The lowest BCUT2D eigenvalue weighted by Crippen LogP contribution is -2.24. The van der Waals surface area contributed by atoms with Crippen LogP contribution < -0.4 is 31.9 Å².